The third-order valence-electron chi connectivity index (χ3n) is 4.64. The summed E-state index contributed by atoms with van der Waals surface area (Å²) in [5.74, 6) is 0. The standard InChI is InChI=1S/C23H24ClNO/c1-17(18-13-15-21(24)16-14-18)25-22(19-9-5-3-6-10-19)23(26-2)20-11-7-4-8-12-20/h3-17,22-23,25H,1-2H3/t17-,22-,23+/m1/s1. The Bertz CT molecular complexity index is 789. The molecule has 0 unspecified atom stereocenters. The first-order valence-electron chi connectivity index (χ1n) is 8.83. The maximum Gasteiger partial charge on any atom is 0.102 e. The van der Waals surface area contributed by atoms with Crippen LogP contribution in [0.3, 0.4) is 0 Å². The Morgan fingerprint density at radius 2 is 1.27 bits per heavy atom. The van der Waals surface area contributed by atoms with Crippen LogP contribution in [-0.2, 0) is 4.74 Å². The largest absolute Gasteiger partial charge is 0.375 e. The van der Waals surface area contributed by atoms with Crippen molar-refractivity contribution in [3.05, 3.63) is 107 Å². The van der Waals surface area contributed by atoms with E-state index >= 15 is 0 Å². The second kappa shape index (κ2) is 9.00. The summed E-state index contributed by atoms with van der Waals surface area (Å²) in [5, 5.41) is 4.50. The van der Waals surface area contributed by atoms with Gasteiger partial charge in [0.15, 0.2) is 0 Å². The summed E-state index contributed by atoms with van der Waals surface area (Å²) in [7, 11) is 1.77. The lowest BCUT2D eigenvalue weighted by Crippen LogP contribution is -2.30. The van der Waals surface area contributed by atoms with E-state index in [4.69, 9.17) is 16.3 Å². The summed E-state index contributed by atoms with van der Waals surface area (Å²) in [6.07, 6.45) is -0.0895. The maximum absolute atomic E-state index is 6.03. The smallest absolute Gasteiger partial charge is 0.102 e. The van der Waals surface area contributed by atoms with E-state index in [-0.39, 0.29) is 18.2 Å². The van der Waals surface area contributed by atoms with Gasteiger partial charge in [-0.1, -0.05) is 84.4 Å². The highest BCUT2D eigenvalue weighted by molar-refractivity contribution is 6.30. The molecule has 0 aliphatic rings. The van der Waals surface area contributed by atoms with Crippen LogP contribution in [0.25, 0.3) is 0 Å². The molecule has 3 heteroatoms. The molecule has 134 valence electrons. The summed E-state index contributed by atoms with van der Waals surface area (Å²) in [5.41, 5.74) is 3.54. The highest BCUT2D eigenvalue weighted by Crippen LogP contribution is 2.33. The number of rotatable bonds is 7. The van der Waals surface area contributed by atoms with E-state index in [1.807, 2.05) is 36.4 Å². The summed E-state index contributed by atoms with van der Waals surface area (Å²) < 4.78 is 5.93. The quantitative estimate of drug-likeness (QED) is 0.544. The predicted octanol–water partition coefficient (Wildman–Crippen LogP) is 6.12. The second-order valence-corrected chi connectivity index (χ2v) is 6.83. The van der Waals surface area contributed by atoms with Crippen molar-refractivity contribution in [2.75, 3.05) is 7.11 Å². The number of methoxy groups -OCH3 is 1. The van der Waals surface area contributed by atoms with E-state index in [2.05, 4.69) is 60.8 Å². The van der Waals surface area contributed by atoms with E-state index < -0.39 is 0 Å². The van der Waals surface area contributed by atoms with Crippen molar-refractivity contribution in [1.29, 1.82) is 0 Å². The van der Waals surface area contributed by atoms with Crippen molar-refractivity contribution in [1.82, 2.24) is 5.32 Å². The Morgan fingerprint density at radius 1 is 0.731 bits per heavy atom. The van der Waals surface area contributed by atoms with Crippen LogP contribution in [0.15, 0.2) is 84.9 Å². The van der Waals surface area contributed by atoms with Crippen molar-refractivity contribution in [2.24, 2.45) is 0 Å². The fourth-order valence-electron chi connectivity index (χ4n) is 3.24. The Hall–Kier alpha value is -2.13. The zero-order valence-electron chi connectivity index (χ0n) is 15.1. The highest BCUT2D eigenvalue weighted by Gasteiger charge is 2.26. The van der Waals surface area contributed by atoms with Gasteiger partial charge in [0.2, 0.25) is 0 Å². The van der Waals surface area contributed by atoms with E-state index in [0.29, 0.717) is 0 Å². The molecule has 26 heavy (non-hydrogen) atoms. The summed E-state index contributed by atoms with van der Waals surface area (Å²) in [6.45, 7) is 2.16. The van der Waals surface area contributed by atoms with Gasteiger partial charge in [-0.3, -0.25) is 0 Å². The lowest BCUT2D eigenvalue weighted by atomic mass is 9.94. The number of benzene rings is 3. The van der Waals surface area contributed by atoms with Gasteiger partial charge >= 0.3 is 0 Å². The van der Waals surface area contributed by atoms with Gasteiger partial charge in [0.25, 0.3) is 0 Å². The third kappa shape index (κ3) is 4.53. The van der Waals surface area contributed by atoms with Crippen LogP contribution in [-0.4, -0.2) is 7.11 Å². The number of ether oxygens (including phenoxy) is 1. The van der Waals surface area contributed by atoms with Crippen LogP contribution in [0, 0.1) is 0 Å². The van der Waals surface area contributed by atoms with Crippen molar-refractivity contribution in [3.8, 4) is 0 Å². The zero-order valence-corrected chi connectivity index (χ0v) is 15.9. The Kier molecular flexibility index (Phi) is 6.45. The van der Waals surface area contributed by atoms with Gasteiger partial charge in [-0.25, -0.2) is 0 Å². The maximum atomic E-state index is 6.03. The van der Waals surface area contributed by atoms with Gasteiger partial charge in [0.05, 0.1) is 6.04 Å². The number of halogens is 1. The average Bonchev–Trinajstić information content (AvgIpc) is 2.69. The molecular formula is C23H24ClNO. The number of hydrogen-bond donors (Lipinski definition) is 1. The van der Waals surface area contributed by atoms with Gasteiger partial charge in [-0.2, -0.15) is 0 Å². The average molecular weight is 366 g/mol. The van der Waals surface area contributed by atoms with Crippen LogP contribution in [0.5, 0.6) is 0 Å². The summed E-state index contributed by atoms with van der Waals surface area (Å²) >= 11 is 6.03. The molecule has 3 aromatic carbocycles. The first-order valence-corrected chi connectivity index (χ1v) is 9.21. The van der Waals surface area contributed by atoms with Crippen LogP contribution >= 0.6 is 11.6 Å². The second-order valence-electron chi connectivity index (χ2n) is 6.40. The van der Waals surface area contributed by atoms with Gasteiger partial charge in [-0.05, 0) is 35.7 Å². The lowest BCUT2D eigenvalue weighted by Gasteiger charge is -2.31. The van der Waals surface area contributed by atoms with Crippen molar-refractivity contribution < 1.29 is 4.74 Å². The minimum absolute atomic E-state index is 0.0225. The van der Waals surface area contributed by atoms with Crippen molar-refractivity contribution in [2.45, 2.75) is 25.1 Å². The van der Waals surface area contributed by atoms with Gasteiger partial charge < -0.3 is 10.1 Å². The van der Waals surface area contributed by atoms with Crippen molar-refractivity contribution >= 4 is 11.6 Å². The molecule has 0 aromatic heterocycles. The minimum atomic E-state index is -0.0895. The molecule has 0 bridgehead atoms. The number of hydrogen-bond acceptors (Lipinski definition) is 2. The molecule has 3 aromatic rings. The Balaban J connectivity index is 1.92. The first-order chi connectivity index (χ1) is 12.7. The molecule has 0 radical (unpaired) electrons. The molecule has 0 spiro atoms. The fraction of sp³-hybridized carbons (Fsp3) is 0.217. The van der Waals surface area contributed by atoms with Crippen molar-refractivity contribution in [3.63, 3.8) is 0 Å². The lowest BCUT2D eigenvalue weighted by molar-refractivity contribution is 0.0637. The molecule has 3 atom stereocenters. The normalized spacial score (nSPS) is 14.6. The van der Waals surface area contributed by atoms with Gasteiger partial charge in [0, 0.05) is 18.2 Å². The Labute approximate surface area is 160 Å². The highest BCUT2D eigenvalue weighted by atomic mass is 35.5. The van der Waals surface area contributed by atoms with Crippen LogP contribution < -0.4 is 5.32 Å². The van der Waals surface area contributed by atoms with E-state index in [0.717, 1.165) is 10.6 Å². The topological polar surface area (TPSA) is 21.3 Å². The monoisotopic (exact) mass is 365 g/mol. The third-order valence-corrected chi connectivity index (χ3v) is 4.90. The Morgan fingerprint density at radius 3 is 1.81 bits per heavy atom. The molecular weight excluding hydrogens is 342 g/mol. The van der Waals surface area contributed by atoms with E-state index in [9.17, 15) is 0 Å². The summed E-state index contributed by atoms with van der Waals surface area (Å²) in [6, 6.07) is 28.9. The van der Waals surface area contributed by atoms with Crippen LogP contribution in [0.1, 0.15) is 41.8 Å². The SMILES string of the molecule is CO[C@@H](c1ccccc1)[C@H](N[C@H](C)c1ccc(Cl)cc1)c1ccccc1. The molecule has 2 nitrogen and oxygen atoms in total. The first kappa shape index (κ1) is 18.7. The molecule has 0 aliphatic carbocycles. The predicted molar refractivity (Wildman–Crippen MR) is 108 cm³/mol. The molecule has 0 aliphatic heterocycles. The van der Waals surface area contributed by atoms with E-state index in [1.54, 1.807) is 7.11 Å². The minimum Gasteiger partial charge on any atom is -0.375 e. The molecule has 0 fully saturated rings. The molecule has 3 rings (SSSR count). The zero-order chi connectivity index (χ0) is 18.4. The van der Waals surface area contributed by atoms with Gasteiger partial charge in [-0.15, -0.1) is 0 Å². The molecule has 0 amide bonds. The van der Waals surface area contributed by atoms with Crippen LogP contribution in [0.4, 0.5) is 0 Å². The molecule has 0 saturated carbocycles. The summed E-state index contributed by atoms with van der Waals surface area (Å²) in [4.78, 5) is 0. The molecule has 0 saturated heterocycles. The molecule has 1 N–H and O–H groups in total. The van der Waals surface area contributed by atoms with Gasteiger partial charge in [0.1, 0.15) is 6.10 Å². The van der Waals surface area contributed by atoms with E-state index in [1.165, 1.54) is 11.1 Å². The van der Waals surface area contributed by atoms with Crippen LogP contribution in [0.2, 0.25) is 5.02 Å². The fourth-order valence-corrected chi connectivity index (χ4v) is 3.37. The molecule has 0 heterocycles. The number of nitrogens with one attached hydrogen (secondary N) is 1.